The van der Waals surface area contributed by atoms with Crippen molar-refractivity contribution in [1.82, 2.24) is 25.2 Å². The van der Waals surface area contributed by atoms with E-state index in [4.69, 9.17) is 14.2 Å². The Bertz CT molecular complexity index is 1890. The molecule has 4 atom stereocenters. The second kappa shape index (κ2) is 18.0. The zero-order valence-electron chi connectivity index (χ0n) is 34.2. The predicted octanol–water partition coefficient (Wildman–Crippen LogP) is 5.87. The van der Waals surface area contributed by atoms with Gasteiger partial charge in [-0.05, 0) is 89.2 Å². The van der Waals surface area contributed by atoms with Crippen molar-refractivity contribution in [3.05, 3.63) is 37.1 Å². The number of nitrogens with zero attached hydrogens (tertiary/aromatic N) is 2. The van der Waals surface area contributed by atoms with Gasteiger partial charge in [-0.25, -0.2) is 18.2 Å². The highest BCUT2D eigenvalue weighted by molar-refractivity contribution is 7.99. The minimum atomic E-state index is -3.94. The summed E-state index contributed by atoms with van der Waals surface area (Å²) in [6, 6.07) is 3.34. The van der Waals surface area contributed by atoms with E-state index in [0.29, 0.717) is 25.3 Å². The van der Waals surface area contributed by atoms with Crippen molar-refractivity contribution < 1.29 is 41.8 Å². The summed E-state index contributed by atoms with van der Waals surface area (Å²) >= 11 is 1.68. The summed E-state index contributed by atoms with van der Waals surface area (Å²) in [5.74, 6) is -0.208. The molecule has 1 aromatic carbocycles. The fourth-order valence-electron chi connectivity index (χ4n) is 6.52. The number of alkyl carbamates (subject to hydrolysis) is 1. The van der Waals surface area contributed by atoms with Crippen molar-refractivity contribution in [1.29, 1.82) is 0 Å². The number of hydrogen-bond acceptors (Lipinski definition) is 11. The summed E-state index contributed by atoms with van der Waals surface area (Å²) in [5.41, 5.74) is -3.35. The molecule has 4 amide bonds. The number of ether oxygens (including phenoxy) is 3. The summed E-state index contributed by atoms with van der Waals surface area (Å²) in [6.45, 7) is 20.4. The van der Waals surface area contributed by atoms with Crippen LogP contribution < -0.4 is 24.8 Å². The first-order valence-electron chi connectivity index (χ1n) is 19.3. The number of carbonyl (C=O) groups excluding carboxylic acids is 4. The monoisotopic (exact) mass is 817 g/mol. The van der Waals surface area contributed by atoms with Crippen LogP contribution >= 0.6 is 11.8 Å². The van der Waals surface area contributed by atoms with Crippen LogP contribution in [0.4, 0.5) is 4.79 Å². The Morgan fingerprint density at radius 3 is 2.32 bits per heavy atom. The van der Waals surface area contributed by atoms with E-state index in [1.165, 1.54) is 11.0 Å². The number of hydrogen-bond donors (Lipinski definition) is 3. The van der Waals surface area contributed by atoms with Gasteiger partial charge in [0.2, 0.25) is 27.7 Å². The van der Waals surface area contributed by atoms with Crippen LogP contribution in [0.3, 0.4) is 0 Å². The Morgan fingerprint density at radius 1 is 1.05 bits per heavy atom. The molecule has 3 N–H and O–H groups in total. The Hall–Kier alpha value is -4.05. The number of pyridine rings is 1. The lowest BCUT2D eigenvalue weighted by molar-refractivity contribution is -0.143. The fraction of sp³-hybridized carbons (Fsp3) is 0.625. The zero-order chi connectivity index (χ0) is 41.6. The number of likely N-dealkylation sites (tertiary alicyclic amines) is 1. The molecule has 0 radical (unpaired) electrons. The summed E-state index contributed by atoms with van der Waals surface area (Å²) in [6.07, 6.45) is 3.35. The highest BCUT2D eigenvalue weighted by atomic mass is 32.2. The summed E-state index contributed by atoms with van der Waals surface area (Å²) in [4.78, 5) is 62.8. The number of sulfonamides is 1. The molecule has 56 heavy (non-hydrogen) atoms. The van der Waals surface area contributed by atoms with Crippen molar-refractivity contribution in [2.24, 2.45) is 5.41 Å². The third-order valence-electron chi connectivity index (χ3n) is 9.57. The van der Waals surface area contributed by atoms with Gasteiger partial charge in [-0.2, -0.15) is 0 Å². The Morgan fingerprint density at radius 2 is 1.75 bits per heavy atom. The van der Waals surface area contributed by atoms with Gasteiger partial charge in [0.05, 0.1) is 23.3 Å². The summed E-state index contributed by atoms with van der Waals surface area (Å²) in [5, 5.41) is 6.49. The molecule has 14 nitrogen and oxygen atoms in total. The number of rotatable bonds is 17. The van der Waals surface area contributed by atoms with E-state index < -0.39 is 73.8 Å². The number of carbonyl (C=O) groups is 4. The highest BCUT2D eigenvalue weighted by Crippen LogP contribution is 2.40. The van der Waals surface area contributed by atoms with Crippen LogP contribution in [0.25, 0.3) is 10.8 Å². The average molecular weight is 818 g/mol. The number of aromatic nitrogens is 1. The minimum Gasteiger partial charge on any atom is -0.493 e. The second-order valence-corrected chi connectivity index (χ2v) is 19.5. The second-order valence-electron chi connectivity index (χ2n) is 16.4. The number of benzene rings is 1. The predicted molar refractivity (Wildman–Crippen MR) is 217 cm³/mol. The Balaban J connectivity index is 1.73. The molecular weight excluding hydrogens is 759 g/mol. The van der Waals surface area contributed by atoms with Crippen LogP contribution in [0.5, 0.6) is 11.6 Å². The number of fused-ring (bicyclic) bond motifs is 1. The van der Waals surface area contributed by atoms with Crippen LogP contribution in [0, 0.1) is 5.41 Å². The first-order chi connectivity index (χ1) is 26.2. The van der Waals surface area contributed by atoms with Crippen LogP contribution in [0.2, 0.25) is 0 Å². The standard InChI is InChI=1S/C40H59N5O9S2/c1-11-20-40(13-3,36(48)44-56(50,51)26-15-16-26)43-33(46)29-23-25(24-45(29)35(47)32(38(5,6)7)42-37(49)54-39(8,9)10)53-34-28-17-18-30(52-14-4)31(55-22-12-2)27(28)19-21-41-34/h11,17-19,21,25-26,29,32H,1,12-16,20,22-24H2,2-10H3,(H,42,49)(H,43,46)(H,44,48)/t25-,29+,32-,40-/m1/s1. The third kappa shape index (κ3) is 10.9. The topological polar surface area (TPSA) is 182 Å². The van der Waals surface area contributed by atoms with Crippen molar-refractivity contribution >= 4 is 56.4 Å². The highest BCUT2D eigenvalue weighted by Gasteiger charge is 2.49. The molecule has 2 heterocycles. The van der Waals surface area contributed by atoms with Crippen LogP contribution in [0.15, 0.2) is 41.9 Å². The molecule has 310 valence electrons. The zero-order valence-corrected chi connectivity index (χ0v) is 35.8. The molecule has 4 rings (SSSR count). The van der Waals surface area contributed by atoms with E-state index in [-0.39, 0.29) is 25.8 Å². The van der Waals surface area contributed by atoms with Crippen molar-refractivity contribution in [2.75, 3.05) is 18.9 Å². The molecule has 1 aliphatic carbocycles. The van der Waals surface area contributed by atoms with Gasteiger partial charge < -0.3 is 29.7 Å². The van der Waals surface area contributed by atoms with E-state index in [0.717, 1.165) is 33.6 Å². The molecule has 1 aromatic heterocycles. The van der Waals surface area contributed by atoms with E-state index in [1.54, 1.807) is 66.4 Å². The maximum Gasteiger partial charge on any atom is 0.408 e. The van der Waals surface area contributed by atoms with E-state index in [1.807, 2.05) is 25.1 Å². The van der Waals surface area contributed by atoms with Gasteiger partial charge in [-0.15, -0.1) is 18.3 Å². The quantitative estimate of drug-likeness (QED) is 0.128. The smallest absolute Gasteiger partial charge is 0.408 e. The molecule has 2 aromatic rings. The largest absolute Gasteiger partial charge is 0.493 e. The summed E-state index contributed by atoms with van der Waals surface area (Å²) in [7, 11) is -3.94. The van der Waals surface area contributed by atoms with Crippen molar-refractivity contribution in [3.8, 4) is 11.6 Å². The SMILES string of the molecule is C=CC[C@@](CC)(NC(=O)[C@@H]1C[C@@H](Oc2nccc3c(SCCC)c(OCC)ccc23)CN1C(=O)[C@@H](NC(=O)OC(C)(C)C)C(C)(C)C)C(=O)NS(=O)(=O)C1CC1. The van der Waals surface area contributed by atoms with Gasteiger partial charge in [0.1, 0.15) is 35.1 Å². The van der Waals surface area contributed by atoms with Gasteiger partial charge in [-0.1, -0.05) is 40.7 Å². The average Bonchev–Trinajstić information content (AvgIpc) is 3.89. The van der Waals surface area contributed by atoms with Crippen molar-refractivity contribution in [3.63, 3.8) is 0 Å². The fourth-order valence-corrected chi connectivity index (χ4v) is 8.91. The van der Waals surface area contributed by atoms with Gasteiger partial charge in [0.25, 0.3) is 5.91 Å². The molecule has 2 aliphatic rings. The lowest BCUT2D eigenvalue weighted by Gasteiger charge is -2.37. The molecule has 1 aliphatic heterocycles. The number of nitrogens with one attached hydrogen (secondary N) is 3. The molecule has 16 heteroatoms. The van der Waals surface area contributed by atoms with E-state index >= 15 is 0 Å². The van der Waals surface area contributed by atoms with Gasteiger partial charge in [-0.3, -0.25) is 19.1 Å². The maximum atomic E-state index is 14.6. The first kappa shape index (κ1) is 44.7. The summed E-state index contributed by atoms with van der Waals surface area (Å²) < 4.78 is 45.8. The Labute approximate surface area is 335 Å². The molecule has 1 saturated heterocycles. The molecule has 0 bridgehead atoms. The van der Waals surface area contributed by atoms with Crippen LogP contribution in [-0.2, 0) is 29.1 Å². The third-order valence-corrected chi connectivity index (χ3v) is 12.7. The molecule has 2 fully saturated rings. The lowest BCUT2D eigenvalue weighted by Crippen LogP contribution is -2.63. The molecule has 1 saturated carbocycles. The normalized spacial score (nSPS) is 19.1. The van der Waals surface area contributed by atoms with Gasteiger partial charge in [0, 0.05) is 23.4 Å². The number of amides is 4. The van der Waals surface area contributed by atoms with E-state index in [9.17, 15) is 27.6 Å². The van der Waals surface area contributed by atoms with E-state index in [2.05, 4.69) is 33.8 Å². The lowest BCUT2D eigenvalue weighted by atomic mass is 9.85. The molecule has 0 spiro atoms. The number of thioether (sulfide) groups is 1. The first-order valence-corrected chi connectivity index (χ1v) is 21.9. The van der Waals surface area contributed by atoms with Crippen LogP contribution in [-0.4, -0.2) is 95.6 Å². The Kier molecular flexibility index (Phi) is 14.4. The van der Waals surface area contributed by atoms with Gasteiger partial charge >= 0.3 is 6.09 Å². The molecule has 0 unspecified atom stereocenters. The molecular formula is C40H59N5O9S2. The maximum absolute atomic E-state index is 14.6. The van der Waals surface area contributed by atoms with Gasteiger partial charge in [0.15, 0.2) is 0 Å². The van der Waals surface area contributed by atoms with Crippen molar-refractivity contribution in [2.45, 2.75) is 140 Å². The minimum absolute atomic E-state index is 0.00326. The van der Waals surface area contributed by atoms with Crippen LogP contribution in [0.1, 0.15) is 101 Å².